The summed E-state index contributed by atoms with van der Waals surface area (Å²) in [5.74, 6) is 0.151. The first-order chi connectivity index (χ1) is 15.4. The molecule has 1 aromatic heterocycles. The predicted molar refractivity (Wildman–Crippen MR) is 115 cm³/mol. The van der Waals surface area contributed by atoms with Crippen molar-refractivity contribution < 1.29 is 27.4 Å². The standard InChI is InChI=1S/C23H21F3N2O3S/c24-23(25,26)19-9-2-1-5-16(19)13-31-17-7-3-6-15(11-17)22-28-20(14-32-22)21(29)27-12-18-8-4-10-30-18/h1-3,5-7,9,11,14,18H,4,8,10,12-13H2,(H,27,29). The number of nitrogens with zero attached hydrogens (tertiary/aromatic N) is 1. The van der Waals surface area contributed by atoms with E-state index in [-0.39, 0.29) is 24.2 Å². The largest absolute Gasteiger partial charge is 0.489 e. The molecule has 1 atom stereocenters. The number of alkyl halides is 3. The fourth-order valence-electron chi connectivity index (χ4n) is 3.42. The minimum Gasteiger partial charge on any atom is -0.489 e. The molecule has 1 saturated heterocycles. The average Bonchev–Trinajstić information content (AvgIpc) is 3.48. The van der Waals surface area contributed by atoms with E-state index in [2.05, 4.69) is 10.3 Å². The van der Waals surface area contributed by atoms with E-state index in [4.69, 9.17) is 9.47 Å². The van der Waals surface area contributed by atoms with Gasteiger partial charge in [-0.2, -0.15) is 13.2 Å². The first-order valence-corrected chi connectivity index (χ1v) is 11.0. The lowest BCUT2D eigenvalue weighted by Crippen LogP contribution is -2.31. The van der Waals surface area contributed by atoms with Gasteiger partial charge in [0, 0.05) is 29.7 Å². The van der Waals surface area contributed by atoms with Crippen molar-refractivity contribution in [2.45, 2.75) is 31.7 Å². The summed E-state index contributed by atoms with van der Waals surface area (Å²) in [5.41, 5.74) is 0.378. The molecule has 1 aliphatic rings. The highest BCUT2D eigenvalue weighted by molar-refractivity contribution is 7.13. The Morgan fingerprint density at radius 3 is 2.84 bits per heavy atom. The third kappa shape index (κ3) is 5.46. The van der Waals surface area contributed by atoms with Crippen LogP contribution in [0.2, 0.25) is 0 Å². The molecule has 3 aromatic rings. The Balaban J connectivity index is 1.41. The Morgan fingerprint density at radius 1 is 1.22 bits per heavy atom. The summed E-state index contributed by atoms with van der Waals surface area (Å²) in [6.45, 7) is 0.962. The van der Waals surface area contributed by atoms with Crippen LogP contribution in [0.5, 0.6) is 5.75 Å². The number of hydrogen-bond acceptors (Lipinski definition) is 5. The predicted octanol–water partition coefficient (Wildman–Crippen LogP) is 5.32. The Morgan fingerprint density at radius 2 is 2.06 bits per heavy atom. The highest BCUT2D eigenvalue weighted by Gasteiger charge is 2.33. The van der Waals surface area contributed by atoms with Crippen molar-refractivity contribution >= 4 is 17.2 Å². The molecule has 0 aliphatic carbocycles. The smallest absolute Gasteiger partial charge is 0.416 e. The second-order valence-electron chi connectivity index (χ2n) is 7.35. The SMILES string of the molecule is O=C(NCC1CCCO1)c1csc(-c2cccc(OCc3ccccc3C(F)(F)F)c2)n1. The van der Waals surface area contributed by atoms with Crippen LogP contribution in [0.25, 0.3) is 10.6 Å². The van der Waals surface area contributed by atoms with Gasteiger partial charge in [0.05, 0.1) is 11.7 Å². The molecule has 0 bridgehead atoms. The van der Waals surface area contributed by atoms with Crippen LogP contribution in [0, 0.1) is 0 Å². The van der Waals surface area contributed by atoms with Crippen molar-refractivity contribution in [3.05, 3.63) is 70.7 Å². The summed E-state index contributed by atoms with van der Waals surface area (Å²) < 4.78 is 50.6. The maximum atomic E-state index is 13.2. The summed E-state index contributed by atoms with van der Waals surface area (Å²) >= 11 is 1.31. The molecular formula is C23H21F3N2O3S. The number of thiazole rings is 1. The Kier molecular flexibility index (Phi) is 6.76. The monoisotopic (exact) mass is 462 g/mol. The number of nitrogens with one attached hydrogen (secondary N) is 1. The van der Waals surface area contributed by atoms with Crippen LogP contribution in [0.4, 0.5) is 13.2 Å². The number of amides is 1. The number of carbonyl (C=O) groups excluding carboxylic acids is 1. The van der Waals surface area contributed by atoms with Crippen LogP contribution in [0.1, 0.15) is 34.5 Å². The third-order valence-electron chi connectivity index (χ3n) is 5.05. The van der Waals surface area contributed by atoms with Gasteiger partial charge < -0.3 is 14.8 Å². The van der Waals surface area contributed by atoms with Crippen LogP contribution in [0.3, 0.4) is 0 Å². The van der Waals surface area contributed by atoms with Crippen LogP contribution < -0.4 is 10.1 Å². The lowest BCUT2D eigenvalue weighted by molar-refractivity contribution is -0.138. The maximum Gasteiger partial charge on any atom is 0.416 e. The van der Waals surface area contributed by atoms with Gasteiger partial charge in [-0.05, 0) is 31.0 Å². The molecule has 9 heteroatoms. The van der Waals surface area contributed by atoms with Crippen molar-refractivity contribution in [3.8, 4) is 16.3 Å². The first kappa shape index (κ1) is 22.3. The Bertz CT molecular complexity index is 1080. The molecule has 0 spiro atoms. The number of ether oxygens (including phenoxy) is 2. The number of carbonyl (C=O) groups is 1. The molecule has 2 aromatic carbocycles. The zero-order chi connectivity index (χ0) is 22.6. The molecule has 168 valence electrons. The van der Waals surface area contributed by atoms with Crippen LogP contribution in [-0.2, 0) is 17.5 Å². The van der Waals surface area contributed by atoms with Crippen molar-refractivity contribution in [1.82, 2.24) is 10.3 Å². The quantitative estimate of drug-likeness (QED) is 0.517. The number of benzene rings is 2. The Hall–Kier alpha value is -2.91. The van der Waals surface area contributed by atoms with Gasteiger partial charge in [0.1, 0.15) is 23.1 Å². The van der Waals surface area contributed by atoms with E-state index >= 15 is 0 Å². The number of hydrogen-bond donors (Lipinski definition) is 1. The molecule has 32 heavy (non-hydrogen) atoms. The van der Waals surface area contributed by atoms with Gasteiger partial charge in [-0.1, -0.05) is 30.3 Å². The minimum absolute atomic E-state index is 0.0494. The van der Waals surface area contributed by atoms with Crippen molar-refractivity contribution in [2.24, 2.45) is 0 Å². The maximum absolute atomic E-state index is 13.2. The third-order valence-corrected chi connectivity index (χ3v) is 5.94. The van der Waals surface area contributed by atoms with E-state index in [1.165, 1.54) is 23.5 Å². The lowest BCUT2D eigenvalue weighted by atomic mass is 10.1. The molecule has 1 aliphatic heterocycles. The number of aromatic nitrogens is 1. The highest BCUT2D eigenvalue weighted by atomic mass is 32.1. The summed E-state index contributed by atoms with van der Waals surface area (Å²) in [7, 11) is 0. The van der Waals surface area contributed by atoms with Gasteiger partial charge in [0.15, 0.2) is 0 Å². The van der Waals surface area contributed by atoms with Crippen LogP contribution >= 0.6 is 11.3 Å². The zero-order valence-corrected chi connectivity index (χ0v) is 17.8. The molecule has 0 radical (unpaired) electrons. The second kappa shape index (κ2) is 9.70. The second-order valence-corrected chi connectivity index (χ2v) is 8.21. The minimum atomic E-state index is -4.44. The van der Waals surface area contributed by atoms with Crippen LogP contribution in [0.15, 0.2) is 53.9 Å². The summed E-state index contributed by atoms with van der Waals surface area (Å²) in [6, 6.07) is 12.2. The van der Waals surface area contributed by atoms with E-state index < -0.39 is 11.7 Å². The first-order valence-electron chi connectivity index (χ1n) is 10.1. The fraction of sp³-hybridized carbons (Fsp3) is 0.304. The normalized spacial score (nSPS) is 16.2. The van der Waals surface area contributed by atoms with Gasteiger partial charge >= 0.3 is 6.18 Å². The highest BCUT2D eigenvalue weighted by Crippen LogP contribution is 2.33. The average molecular weight is 462 g/mol. The van der Waals surface area contributed by atoms with E-state index in [9.17, 15) is 18.0 Å². The summed E-state index contributed by atoms with van der Waals surface area (Å²) in [5, 5.41) is 5.13. The molecule has 1 unspecified atom stereocenters. The molecule has 4 rings (SSSR count). The van der Waals surface area contributed by atoms with E-state index in [0.717, 1.165) is 31.1 Å². The summed E-state index contributed by atoms with van der Waals surface area (Å²) in [4.78, 5) is 16.7. The van der Waals surface area contributed by atoms with E-state index in [0.29, 0.717) is 23.0 Å². The van der Waals surface area contributed by atoms with E-state index in [1.807, 2.05) is 6.07 Å². The molecule has 1 fully saturated rings. The van der Waals surface area contributed by atoms with Gasteiger partial charge in [0.25, 0.3) is 5.91 Å². The molecule has 0 saturated carbocycles. The van der Waals surface area contributed by atoms with Gasteiger partial charge in [0.2, 0.25) is 0 Å². The molecule has 5 nitrogen and oxygen atoms in total. The number of halogens is 3. The molecule has 1 N–H and O–H groups in total. The fourth-order valence-corrected chi connectivity index (χ4v) is 4.21. The summed E-state index contributed by atoms with van der Waals surface area (Å²) in [6.07, 6.45) is -2.46. The van der Waals surface area contributed by atoms with Crippen molar-refractivity contribution in [1.29, 1.82) is 0 Å². The molecule has 2 heterocycles. The topological polar surface area (TPSA) is 60.5 Å². The van der Waals surface area contributed by atoms with Gasteiger partial charge in [-0.25, -0.2) is 4.98 Å². The van der Waals surface area contributed by atoms with Crippen molar-refractivity contribution in [2.75, 3.05) is 13.2 Å². The lowest BCUT2D eigenvalue weighted by Gasteiger charge is -2.13. The van der Waals surface area contributed by atoms with Gasteiger partial charge in [-0.3, -0.25) is 4.79 Å². The molecule has 1 amide bonds. The van der Waals surface area contributed by atoms with Gasteiger partial charge in [-0.15, -0.1) is 11.3 Å². The number of rotatable bonds is 7. The van der Waals surface area contributed by atoms with Crippen molar-refractivity contribution in [3.63, 3.8) is 0 Å². The van der Waals surface area contributed by atoms with E-state index in [1.54, 1.807) is 29.6 Å². The molecular weight excluding hydrogens is 441 g/mol. The Labute approximate surface area is 187 Å². The zero-order valence-electron chi connectivity index (χ0n) is 17.0. The van der Waals surface area contributed by atoms with Crippen LogP contribution in [-0.4, -0.2) is 30.1 Å².